The molecule has 0 spiro atoms. The van der Waals surface area contributed by atoms with Gasteiger partial charge in [-0.3, -0.25) is 0 Å². The van der Waals surface area contributed by atoms with Crippen LogP contribution in [-0.4, -0.2) is 54.9 Å². The Kier molecular flexibility index (Phi) is 4.95. The third-order valence-electron chi connectivity index (χ3n) is 3.40. The van der Waals surface area contributed by atoms with Crippen molar-refractivity contribution in [3.63, 3.8) is 0 Å². The van der Waals surface area contributed by atoms with Crippen LogP contribution in [0.2, 0.25) is 0 Å². The first-order valence-electron chi connectivity index (χ1n) is 6.14. The maximum absolute atomic E-state index is 11.8. The Morgan fingerprint density at radius 1 is 1.39 bits per heavy atom. The number of hydrogen-bond acceptors (Lipinski definition) is 3. The molecule has 0 aromatic carbocycles. The second-order valence-corrected chi connectivity index (χ2v) is 5.40. The highest BCUT2D eigenvalue weighted by Crippen LogP contribution is 2.29. The summed E-state index contributed by atoms with van der Waals surface area (Å²) in [6.07, 6.45) is 0.940. The molecule has 6 nitrogen and oxygen atoms in total. The van der Waals surface area contributed by atoms with E-state index in [0.29, 0.717) is 13.1 Å². The van der Waals surface area contributed by atoms with Crippen molar-refractivity contribution in [2.75, 3.05) is 26.7 Å². The molecule has 104 valence electrons. The average molecular weight is 258 g/mol. The molecule has 2 amide bonds. The van der Waals surface area contributed by atoms with Crippen LogP contribution in [-0.2, 0) is 9.53 Å². The molecule has 0 saturated carbocycles. The Bertz CT molecular complexity index is 307. The molecular formula is C12H22N2O4. The Hall–Kier alpha value is -1.30. The standard InChI is InChI=1S/C12H22N2O4/c1-12(2)4-6-14(7-5-12)11(17)13-8-9(18-3)10(15)16/h9H,4-8H2,1-3H3,(H,13,17)(H,15,16). The number of carboxylic acids is 1. The van der Waals surface area contributed by atoms with E-state index in [4.69, 9.17) is 9.84 Å². The van der Waals surface area contributed by atoms with E-state index in [2.05, 4.69) is 19.2 Å². The minimum Gasteiger partial charge on any atom is -0.479 e. The summed E-state index contributed by atoms with van der Waals surface area (Å²) in [6.45, 7) is 5.79. The Labute approximate surface area is 107 Å². The van der Waals surface area contributed by atoms with Gasteiger partial charge in [0.2, 0.25) is 0 Å². The van der Waals surface area contributed by atoms with Crippen LogP contribution in [0.1, 0.15) is 26.7 Å². The molecule has 1 atom stereocenters. The second-order valence-electron chi connectivity index (χ2n) is 5.40. The largest absolute Gasteiger partial charge is 0.479 e. The number of nitrogens with one attached hydrogen (secondary N) is 1. The third-order valence-corrected chi connectivity index (χ3v) is 3.40. The molecule has 2 N–H and O–H groups in total. The van der Waals surface area contributed by atoms with Gasteiger partial charge in [-0.05, 0) is 18.3 Å². The summed E-state index contributed by atoms with van der Waals surface area (Å²) in [5.74, 6) is -1.07. The molecule has 1 aliphatic rings. The number of carbonyl (C=O) groups is 2. The van der Waals surface area contributed by atoms with Gasteiger partial charge >= 0.3 is 12.0 Å². The van der Waals surface area contributed by atoms with Gasteiger partial charge in [0.15, 0.2) is 6.10 Å². The lowest BCUT2D eigenvalue weighted by Crippen LogP contribution is -2.48. The van der Waals surface area contributed by atoms with Crippen LogP contribution >= 0.6 is 0 Å². The minimum atomic E-state index is -1.07. The summed E-state index contributed by atoms with van der Waals surface area (Å²) >= 11 is 0. The van der Waals surface area contributed by atoms with E-state index in [9.17, 15) is 9.59 Å². The van der Waals surface area contributed by atoms with E-state index in [1.165, 1.54) is 7.11 Å². The van der Waals surface area contributed by atoms with Gasteiger partial charge < -0.3 is 20.1 Å². The highest BCUT2D eigenvalue weighted by Gasteiger charge is 2.28. The van der Waals surface area contributed by atoms with Gasteiger partial charge in [-0.2, -0.15) is 0 Å². The SMILES string of the molecule is COC(CNC(=O)N1CCC(C)(C)CC1)C(=O)O. The summed E-state index contributed by atoms with van der Waals surface area (Å²) in [4.78, 5) is 24.3. The van der Waals surface area contributed by atoms with Gasteiger partial charge in [0.1, 0.15) is 0 Å². The Morgan fingerprint density at radius 3 is 2.39 bits per heavy atom. The Balaban J connectivity index is 2.36. The quantitative estimate of drug-likeness (QED) is 0.786. The summed E-state index contributed by atoms with van der Waals surface area (Å²) in [6, 6.07) is -0.214. The van der Waals surface area contributed by atoms with Crippen LogP contribution in [0.5, 0.6) is 0 Å². The Morgan fingerprint density at radius 2 is 1.94 bits per heavy atom. The van der Waals surface area contributed by atoms with Crippen molar-refractivity contribution in [1.82, 2.24) is 10.2 Å². The van der Waals surface area contributed by atoms with Crippen molar-refractivity contribution in [1.29, 1.82) is 0 Å². The summed E-state index contributed by atoms with van der Waals surface area (Å²) in [5.41, 5.74) is 0.285. The summed E-state index contributed by atoms with van der Waals surface area (Å²) in [7, 11) is 1.31. The maximum atomic E-state index is 11.8. The molecule has 18 heavy (non-hydrogen) atoms. The number of nitrogens with zero attached hydrogens (tertiary/aromatic N) is 1. The number of amides is 2. The fraction of sp³-hybridized carbons (Fsp3) is 0.833. The van der Waals surface area contributed by atoms with Crippen LogP contribution in [0.25, 0.3) is 0 Å². The van der Waals surface area contributed by atoms with Gasteiger partial charge in [-0.15, -0.1) is 0 Å². The predicted molar refractivity (Wildman–Crippen MR) is 66.4 cm³/mol. The maximum Gasteiger partial charge on any atom is 0.334 e. The third kappa shape index (κ3) is 4.18. The lowest BCUT2D eigenvalue weighted by Gasteiger charge is -2.36. The molecule has 0 aromatic heterocycles. The van der Waals surface area contributed by atoms with E-state index in [0.717, 1.165) is 12.8 Å². The first-order valence-corrected chi connectivity index (χ1v) is 6.14. The van der Waals surface area contributed by atoms with Gasteiger partial charge in [-0.1, -0.05) is 13.8 Å². The number of carboxylic acid groups (broad SMARTS) is 1. The highest BCUT2D eigenvalue weighted by molar-refractivity contribution is 5.77. The number of rotatable bonds is 4. The lowest BCUT2D eigenvalue weighted by molar-refractivity contribution is -0.148. The molecule has 0 bridgehead atoms. The van der Waals surface area contributed by atoms with Crippen molar-refractivity contribution in [3.05, 3.63) is 0 Å². The van der Waals surface area contributed by atoms with Crippen LogP contribution in [0.4, 0.5) is 4.79 Å². The first kappa shape index (κ1) is 14.8. The zero-order valence-corrected chi connectivity index (χ0v) is 11.2. The molecule has 0 aromatic rings. The van der Waals surface area contributed by atoms with Gasteiger partial charge in [0.05, 0.1) is 6.54 Å². The smallest absolute Gasteiger partial charge is 0.334 e. The highest BCUT2D eigenvalue weighted by atomic mass is 16.5. The topological polar surface area (TPSA) is 78.9 Å². The fourth-order valence-corrected chi connectivity index (χ4v) is 1.88. The van der Waals surface area contributed by atoms with Crippen LogP contribution < -0.4 is 5.32 Å². The number of carbonyl (C=O) groups excluding carboxylic acids is 1. The number of piperidine rings is 1. The second kappa shape index (κ2) is 6.04. The molecule has 1 fully saturated rings. The zero-order valence-electron chi connectivity index (χ0n) is 11.2. The molecule has 0 radical (unpaired) electrons. The van der Waals surface area contributed by atoms with Crippen LogP contribution in [0.3, 0.4) is 0 Å². The number of methoxy groups -OCH3 is 1. The molecule has 6 heteroatoms. The number of ether oxygens (including phenoxy) is 1. The van der Waals surface area contributed by atoms with E-state index < -0.39 is 12.1 Å². The van der Waals surface area contributed by atoms with Crippen molar-refractivity contribution in [2.45, 2.75) is 32.8 Å². The monoisotopic (exact) mass is 258 g/mol. The van der Waals surface area contributed by atoms with Gasteiger partial charge in [0.25, 0.3) is 0 Å². The first-order chi connectivity index (χ1) is 8.35. The summed E-state index contributed by atoms with van der Waals surface area (Å²) in [5, 5.41) is 11.4. The van der Waals surface area contributed by atoms with E-state index >= 15 is 0 Å². The van der Waals surface area contributed by atoms with Crippen molar-refractivity contribution in [2.24, 2.45) is 5.41 Å². The molecular weight excluding hydrogens is 236 g/mol. The molecule has 1 unspecified atom stereocenters. The van der Waals surface area contributed by atoms with Crippen LogP contribution in [0, 0.1) is 5.41 Å². The van der Waals surface area contributed by atoms with E-state index in [1.54, 1.807) is 4.90 Å². The van der Waals surface area contributed by atoms with Gasteiger partial charge in [-0.25, -0.2) is 9.59 Å². The minimum absolute atomic E-state index is 0.00937. The molecule has 0 aliphatic carbocycles. The molecule has 1 aliphatic heterocycles. The lowest BCUT2D eigenvalue weighted by atomic mass is 9.83. The average Bonchev–Trinajstić information content (AvgIpc) is 2.29. The van der Waals surface area contributed by atoms with Gasteiger partial charge in [0, 0.05) is 20.2 Å². The number of aliphatic carboxylic acids is 1. The van der Waals surface area contributed by atoms with E-state index in [1.807, 2.05) is 0 Å². The van der Waals surface area contributed by atoms with E-state index in [-0.39, 0.29) is 18.0 Å². The molecule has 1 saturated heterocycles. The summed E-state index contributed by atoms with van der Waals surface area (Å²) < 4.78 is 4.75. The number of likely N-dealkylation sites (tertiary alicyclic amines) is 1. The molecule has 1 rings (SSSR count). The number of urea groups is 1. The van der Waals surface area contributed by atoms with Crippen molar-refractivity contribution < 1.29 is 19.4 Å². The van der Waals surface area contributed by atoms with Crippen molar-refractivity contribution >= 4 is 12.0 Å². The van der Waals surface area contributed by atoms with Crippen LogP contribution in [0.15, 0.2) is 0 Å². The zero-order chi connectivity index (χ0) is 13.8. The molecule has 1 heterocycles. The predicted octanol–water partition coefficient (Wildman–Crippen LogP) is 0.918. The normalized spacial score (nSPS) is 20.3. The fourth-order valence-electron chi connectivity index (χ4n) is 1.88. The van der Waals surface area contributed by atoms with Crippen molar-refractivity contribution in [3.8, 4) is 0 Å². The number of hydrogen-bond donors (Lipinski definition) is 2.